The van der Waals surface area contributed by atoms with E-state index in [-0.39, 0.29) is 0 Å². The zero-order chi connectivity index (χ0) is 14.7. The Kier molecular flexibility index (Phi) is 3.87. The van der Waals surface area contributed by atoms with Crippen molar-refractivity contribution in [3.8, 4) is 23.0 Å². The predicted molar refractivity (Wildman–Crippen MR) is 83.8 cm³/mol. The number of anilines is 1. The molecular weight excluding hydrogens is 284 g/mol. The normalized spacial score (nSPS) is 10.7. The van der Waals surface area contributed by atoms with Crippen molar-refractivity contribution in [2.75, 3.05) is 11.5 Å². The van der Waals surface area contributed by atoms with Gasteiger partial charge in [-0.3, -0.25) is 0 Å². The largest absolute Gasteiger partial charge is 0.397 e. The van der Waals surface area contributed by atoms with Gasteiger partial charge < -0.3 is 10.3 Å². The second-order valence-electron chi connectivity index (χ2n) is 4.36. The number of nitrogens with two attached hydrogens (primary N) is 1. The van der Waals surface area contributed by atoms with Crippen LogP contribution in [0.3, 0.4) is 0 Å². The smallest absolute Gasteiger partial charge is 0.276 e. The van der Waals surface area contributed by atoms with Crippen molar-refractivity contribution in [2.24, 2.45) is 0 Å². The first-order valence-corrected chi connectivity index (χ1v) is 7.53. The van der Waals surface area contributed by atoms with Crippen LogP contribution in [0.2, 0.25) is 0 Å². The molecule has 0 spiro atoms. The van der Waals surface area contributed by atoms with E-state index in [0.717, 1.165) is 11.3 Å². The number of hydrogen-bond donors (Lipinski definition) is 1. The van der Waals surface area contributed by atoms with Crippen LogP contribution < -0.4 is 5.73 Å². The molecule has 1 aromatic carbocycles. The van der Waals surface area contributed by atoms with Gasteiger partial charge in [0.15, 0.2) is 0 Å². The molecule has 0 radical (unpaired) electrons. The van der Waals surface area contributed by atoms with E-state index in [9.17, 15) is 0 Å². The zero-order valence-electron chi connectivity index (χ0n) is 11.5. The highest BCUT2D eigenvalue weighted by Crippen LogP contribution is 2.24. The van der Waals surface area contributed by atoms with Crippen LogP contribution in [-0.2, 0) is 0 Å². The first kappa shape index (κ1) is 13.6. The molecule has 0 bridgehead atoms. The van der Waals surface area contributed by atoms with Crippen LogP contribution >= 0.6 is 11.8 Å². The summed E-state index contributed by atoms with van der Waals surface area (Å²) in [6, 6.07) is 11.6. The van der Waals surface area contributed by atoms with Crippen molar-refractivity contribution in [1.82, 2.24) is 15.1 Å². The maximum absolute atomic E-state index is 5.61. The van der Waals surface area contributed by atoms with E-state index in [1.165, 1.54) is 4.90 Å². The van der Waals surface area contributed by atoms with Gasteiger partial charge in [0.1, 0.15) is 5.69 Å². The fraction of sp³-hybridized carbons (Fsp3) is 0.133. The van der Waals surface area contributed by atoms with Gasteiger partial charge in [0.2, 0.25) is 5.82 Å². The first-order valence-electron chi connectivity index (χ1n) is 6.55. The molecule has 0 aliphatic carbocycles. The lowest BCUT2D eigenvalue weighted by atomic mass is 10.2. The summed E-state index contributed by atoms with van der Waals surface area (Å²) in [5.74, 6) is 1.99. The Balaban J connectivity index is 1.85. The van der Waals surface area contributed by atoms with Gasteiger partial charge in [-0.1, -0.05) is 12.1 Å². The van der Waals surface area contributed by atoms with E-state index in [2.05, 4.69) is 34.2 Å². The molecule has 2 heterocycles. The zero-order valence-corrected chi connectivity index (χ0v) is 12.3. The molecule has 2 aromatic heterocycles. The van der Waals surface area contributed by atoms with Gasteiger partial charge in [0, 0.05) is 10.5 Å². The van der Waals surface area contributed by atoms with E-state index in [4.69, 9.17) is 10.3 Å². The van der Waals surface area contributed by atoms with E-state index in [0.29, 0.717) is 23.1 Å². The number of rotatable bonds is 4. The molecule has 3 rings (SSSR count). The standard InChI is InChI=1S/C15H14N4OS/c1-2-21-12-6-3-10(4-7-12)14-18-15(20-19-14)13-8-5-11(16)9-17-13/h3-9H,2,16H2,1H3. The molecule has 0 fully saturated rings. The number of aromatic nitrogens is 3. The van der Waals surface area contributed by atoms with Gasteiger partial charge in [-0.25, -0.2) is 4.98 Å². The molecule has 0 aliphatic heterocycles. The summed E-state index contributed by atoms with van der Waals surface area (Å²) < 4.78 is 5.25. The highest BCUT2D eigenvalue weighted by atomic mass is 32.2. The van der Waals surface area contributed by atoms with Crippen LogP contribution in [0.4, 0.5) is 5.69 Å². The third-order valence-corrected chi connectivity index (χ3v) is 3.75. The minimum atomic E-state index is 0.386. The van der Waals surface area contributed by atoms with Crippen LogP contribution in [0.25, 0.3) is 23.0 Å². The van der Waals surface area contributed by atoms with Gasteiger partial charge in [0.25, 0.3) is 5.89 Å². The molecule has 0 atom stereocenters. The molecule has 6 heteroatoms. The van der Waals surface area contributed by atoms with E-state index >= 15 is 0 Å². The lowest BCUT2D eigenvalue weighted by Crippen LogP contribution is -1.88. The average Bonchev–Trinajstić information content (AvgIpc) is 2.99. The molecule has 0 saturated heterocycles. The fourth-order valence-corrected chi connectivity index (χ4v) is 2.51. The van der Waals surface area contributed by atoms with Crippen molar-refractivity contribution < 1.29 is 4.52 Å². The van der Waals surface area contributed by atoms with Gasteiger partial charge >= 0.3 is 0 Å². The molecule has 5 nitrogen and oxygen atoms in total. The molecule has 0 amide bonds. The molecule has 0 aliphatic rings. The lowest BCUT2D eigenvalue weighted by molar-refractivity contribution is 0.431. The Bertz CT molecular complexity index is 722. The molecule has 0 unspecified atom stereocenters. The predicted octanol–water partition coefficient (Wildman–Crippen LogP) is 3.49. The summed E-state index contributed by atoms with van der Waals surface area (Å²) in [6.07, 6.45) is 1.57. The Labute approximate surface area is 126 Å². The monoisotopic (exact) mass is 298 g/mol. The van der Waals surface area contributed by atoms with E-state index in [1.807, 2.05) is 12.1 Å². The Hall–Kier alpha value is -2.34. The topological polar surface area (TPSA) is 77.8 Å². The van der Waals surface area contributed by atoms with Crippen LogP contribution in [0, 0.1) is 0 Å². The average molecular weight is 298 g/mol. The molecule has 106 valence electrons. The quantitative estimate of drug-likeness (QED) is 0.743. The summed E-state index contributed by atoms with van der Waals surface area (Å²) in [6.45, 7) is 2.13. The third-order valence-electron chi connectivity index (χ3n) is 2.86. The number of thioether (sulfide) groups is 1. The highest BCUT2D eigenvalue weighted by molar-refractivity contribution is 7.99. The van der Waals surface area contributed by atoms with E-state index in [1.54, 1.807) is 30.1 Å². The number of hydrogen-bond acceptors (Lipinski definition) is 6. The maximum atomic E-state index is 5.61. The van der Waals surface area contributed by atoms with Crippen LogP contribution in [-0.4, -0.2) is 20.9 Å². The van der Waals surface area contributed by atoms with Gasteiger partial charge in [0.05, 0.1) is 11.9 Å². The summed E-state index contributed by atoms with van der Waals surface area (Å²) in [5, 5.41) is 4.00. The Morgan fingerprint density at radius 2 is 1.95 bits per heavy atom. The SMILES string of the molecule is CCSc1ccc(-c2noc(-c3ccc(N)cn3)n2)cc1. The highest BCUT2D eigenvalue weighted by Gasteiger charge is 2.11. The van der Waals surface area contributed by atoms with E-state index < -0.39 is 0 Å². The van der Waals surface area contributed by atoms with Crippen LogP contribution in [0.5, 0.6) is 0 Å². The van der Waals surface area contributed by atoms with Crippen LogP contribution in [0.15, 0.2) is 52.0 Å². The molecular formula is C15H14N4OS. The molecule has 21 heavy (non-hydrogen) atoms. The number of nitrogens with zero attached hydrogens (tertiary/aromatic N) is 3. The Morgan fingerprint density at radius 3 is 2.62 bits per heavy atom. The van der Waals surface area contributed by atoms with Crippen molar-refractivity contribution in [3.05, 3.63) is 42.6 Å². The number of pyridine rings is 1. The summed E-state index contributed by atoms with van der Waals surface area (Å²) in [5.41, 5.74) is 7.74. The lowest BCUT2D eigenvalue weighted by Gasteiger charge is -1.98. The van der Waals surface area contributed by atoms with Crippen molar-refractivity contribution in [3.63, 3.8) is 0 Å². The van der Waals surface area contributed by atoms with Gasteiger partial charge in [-0.05, 0) is 42.2 Å². The fourth-order valence-electron chi connectivity index (χ4n) is 1.84. The van der Waals surface area contributed by atoms with Crippen molar-refractivity contribution in [2.45, 2.75) is 11.8 Å². The molecule has 3 aromatic rings. The Morgan fingerprint density at radius 1 is 1.14 bits per heavy atom. The van der Waals surface area contributed by atoms with Crippen LogP contribution in [0.1, 0.15) is 6.92 Å². The second-order valence-corrected chi connectivity index (χ2v) is 5.69. The molecule has 0 saturated carbocycles. The summed E-state index contributed by atoms with van der Waals surface area (Å²) >= 11 is 1.80. The van der Waals surface area contributed by atoms with Gasteiger partial charge in [-0.2, -0.15) is 4.98 Å². The first-order chi connectivity index (χ1) is 10.3. The summed E-state index contributed by atoms with van der Waals surface area (Å²) in [4.78, 5) is 9.76. The summed E-state index contributed by atoms with van der Waals surface area (Å²) in [7, 11) is 0. The maximum Gasteiger partial charge on any atom is 0.276 e. The van der Waals surface area contributed by atoms with Gasteiger partial charge in [-0.15, -0.1) is 11.8 Å². The minimum Gasteiger partial charge on any atom is -0.397 e. The van der Waals surface area contributed by atoms with Crippen molar-refractivity contribution >= 4 is 17.4 Å². The minimum absolute atomic E-state index is 0.386. The number of nitrogen functional groups attached to an aromatic ring is 1. The second kappa shape index (κ2) is 5.97. The number of benzene rings is 1. The molecule has 2 N–H and O–H groups in total. The van der Waals surface area contributed by atoms with Crippen molar-refractivity contribution in [1.29, 1.82) is 0 Å². The third kappa shape index (κ3) is 3.05.